The summed E-state index contributed by atoms with van der Waals surface area (Å²) in [6.45, 7) is 1.77. The van der Waals surface area contributed by atoms with Crippen molar-refractivity contribution in [3.8, 4) is 5.75 Å². The number of nitrogens with two attached hydrogens (primary N) is 1. The number of benzene rings is 3. The van der Waals surface area contributed by atoms with Crippen LogP contribution in [0.1, 0.15) is 41.6 Å². The van der Waals surface area contributed by atoms with E-state index in [4.69, 9.17) is 5.73 Å². The van der Waals surface area contributed by atoms with Crippen molar-refractivity contribution in [3.05, 3.63) is 83.9 Å². The fourth-order valence-corrected chi connectivity index (χ4v) is 7.50. The molecule has 4 rings (SSSR count). The molecule has 1 aliphatic rings. The average molecular weight is 584 g/mol. The van der Waals surface area contributed by atoms with Gasteiger partial charge in [0.2, 0.25) is 10.0 Å². The van der Waals surface area contributed by atoms with E-state index in [1.807, 2.05) is 30.3 Å². The van der Waals surface area contributed by atoms with Crippen molar-refractivity contribution in [1.82, 2.24) is 9.62 Å². The summed E-state index contributed by atoms with van der Waals surface area (Å²) in [5.41, 5.74) is 6.97. The molecule has 3 aromatic rings. The second kappa shape index (κ2) is 13.5. The van der Waals surface area contributed by atoms with E-state index < -0.39 is 28.1 Å². The predicted octanol–water partition coefficient (Wildman–Crippen LogP) is 4.42. The summed E-state index contributed by atoms with van der Waals surface area (Å²) in [5.74, 6) is 0.0709. The molecule has 0 bridgehead atoms. The third-order valence-corrected chi connectivity index (χ3v) is 10.3. The molecule has 0 spiro atoms. The Kier molecular flexibility index (Phi) is 10.1. The van der Waals surface area contributed by atoms with E-state index in [1.54, 1.807) is 31.2 Å². The molecular formula is C30H37N3O5S2. The molecule has 10 heteroatoms. The van der Waals surface area contributed by atoms with Crippen molar-refractivity contribution < 1.29 is 23.4 Å². The zero-order valence-corrected chi connectivity index (χ0v) is 24.2. The second-order valence-corrected chi connectivity index (χ2v) is 13.3. The molecule has 8 nitrogen and oxygen atoms in total. The normalized spacial score (nSPS) is 15.7. The molecule has 2 atom stereocenters. The maximum atomic E-state index is 13.7. The van der Waals surface area contributed by atoms with Crippen LogP contribution >= 0.6 is 11.8 Å². The smallest absolute Gasteiger partial charge is 0.252 e. The first-order chi connectivity index (χ1) is 19.1. The molecule has 5 N–H and O–H groups in total. The van der Waals surface area contributed by atoms with Crippen molar-refractivity contribution in [2.75, 3.05) is 24.6 Å². The fraction of sp³-hybridized carbons (Fsp3) is 0.367. The number of anilines is 1. The van der Waals surface area contributed by atoms with Crippen LogP contribution in [0.4, 0.5) is 5.69 Å². The lowest BCUT2D eigenvalue weighted by Gasteiger charge is -2.31. The topological polar surface area (TPSA) is 133 Å². The van der Waals surface area contributed by atoms with Crippen LogP contribution in [0.3, 0.4) is 0 Å². The molecule has 0 aromatic heterocycles. The number of amides is 1. The van der Waals surface area contributed by atoms with Gasteiger partial charge < -0.3 is 21.3 Å². The Morgan fingerprint density at radius 1 is 1.05 bits per heavy atom. The van der Waals surface area contributed by atoms with E-state index in [0.29, 0.717) is 29.1 Å². The Morgan fingerprint density at radius 3 is 2.40 bits per heavy atom. The second-order valence-electron chi connectivity index (χ2n) is 10.3. The van der Waals surface area contributed by atoms with Crippen LogP contribution in [0.5, 0.6) is 5.75 Å². The number of nitrogen functional groups attached to an aromatic ring is 1. The number of aliphatic hydroxyl groups excluding tert-OH is 1. The number of sulfonamides is 1. The van der Waals surface area contributed by atoms with Gasteiger partial charge in [-0.25, -0.2) is 8.42 Å². The van der Waals surface area contributed by atoms with E-state index >= 15 is 0 Å². The molecule has 1 fully saturated rings. The van der Waals surface area contributed by atoms with Gasteiger partial charge in [-0.3, -0.25) is 4.79 Å². The molecule has 0 heterocycles. The van der Waals surface area contributed by atoms with Crippen LogP contribution in [0, 0.1) is 12.8 Å². The van der Waals surface area contributed by atoms with Gasteiger partial charge in [0.05, 0.1) is 17.0 Å². The molecule has 214 valence electrons. The van der Waals surface area contributed by atoms with Crippen LogP contribution in [0.2, 0.25) is 0 Å². The lowest BCUT2D eigenvalue weighted by molar-refractivity contribution is 0.0807. The lowest BCUT2D eigenvalue weighted by atomic mass is 10.1. The van der Waals surface area contributed by atoms with Crippen LogP contribution in [0.25, 0.3) is 0 Å². The van der Waals surface area contributed by atoms with Gasteiger partial charge in [0.25, 0.3) is 5.91 Å². The summed E-state index contributed by atoms with van der Waals surface area (Å²) in [7, 11) is -3.93. The number of phenols is 1. The first-order valence-corrected chi connectivity index (χ1v) is 15.9. The number of carbonyl (C=O) groups excluding carboxylic acids is 1. The standard InChI is InChI=1S/C30H37N3O5S2/c1-21-26(12-7-13-28(21)34)30(36)32-27(20-39-24-10-3-2-4-11-24)29(35)19-33(18-22-8-5-6-9-22)40(37,38)25-16-14-23(31)15-17-25/h2-4,7,10-17,22,27,29,34-35H,5-6,8-9,18-20,31H2,1H3,(H,32,36). The number of phenolic OH excluding ortho intramolecular Hbond substituents is 1. The monoisotopic (exact) mass is 583 g/mol. The third-order valence-electron chi connectivity index (χ3n) is 7.35. The Balaban J connectivity index is 1.59. The van der Waals surface area contributed by atoms with Gasteiger partial charge >= 0.3 is 0 Å². The average Bonchev–Trinajstić information content (AvgIpc) is 3.46. The highest BCUT2D eigenvalue weighted by Crippen LogP contribution is 2.29. The first kappa shape index (κ1) is 29.9. The van der Waals surface area contributed by atoms with Gasteiger partial charge in [-0.1, -0.05) is 37.1 Å². The number of hydrogen-bond donors (Lipinski definition) is 4. The summed E-state index contributed by atoms with van der Waals surface area (Å²) >= 11 is 1.46. The van der Waals surface area contributed by atoms with Crippen LogP contribution < -0.4 is 11.1 Å². The van der Waals surface area contributed by atoms with Crippen LogP contribution in [-0.4, -0.2) is 59.8 Å². The summed E-state index contributed by atoms with van der Waals surface area (Å²) in [4.78, 5) is 14.3. The summed E-state index contributed by atoms with van der Waals surface area (Å²) in [5, 5.41) is 24.5. The van der Waals surface area contributed by atoms with Gasteiger partial charge in [-0.15, -0.1) is 11.8 Å². The lowest BCUT2D eigenvalue weighted by Crippen LogP contribution is -2.51. The molecule has 3 aromatic carbocycles. The number of aliphatic hydroxyl groups is 1. The highest BCUT2D eigenvalue weighted by molar-refractivity contribution is 7.99. The van der Waals surface area contributed by atoms with Gasteiger partial charge in [0, 0.05) is 40.6 Å². The van der Waals surface area contributed by atoms with E-state index in [1.165, 1.54) is 34.3 Å². The number of thioether (sulfide) groups is 1. The predicted molar refractivity (Wildman–Crippen MR) is 159 cm³/mol. The number of hydrogen-bond acceptors (Lipinski definition) is 7. The Hall–Kier alpha value is -3.05. The largest absolute Gasteiger partial charge is 0.508 e. The molecule has 0 radical (unpaired) electrons. The Labute approximate surface area is 240 Å². The molecular weight excluding hydrogens is 546 g/mol. The minimum Gasteiger partial charge on any atom is -0.508 e. The zero-order valence-electron chi connectivity index (χ0n) is 22.6. The fourth-order valence-electron chi connectivity index (χ4n) is 4.94. The molecule has 40 heavy (non-hydrogen) atoms. The Bertz CT molecular complexity index is 1380. The van der Waals surface area contributed by atoms with Gasteiger partial charge in [0.1, 0.15) is 5.75 Å². The van der Waals surface area contributed by atoms with Crippen molar-refractivity contribution in [2.45, 2.75) is 54.5 Å². The van der Waals surface area contributed by atoms with Crippen LogP contribution in [-0.2, 0) is 10.0 Å². The first-order valence-electron chi connectivity index (χ1n) is 13.5. The van der Waals surface area contributed by atoms with Gasteiger partial charge in [-0.2, -0.15) is 4.31 Å². The summed E-state index contributed by atoms with van der Waals surface area (Å²) in [6.07, 6.45) is 2.79. The van der Waals surface area contributed by atoms with Crippen LogP contribution in [0.15, 0.2) is 82.6 Å². The van der Waals surface area contributed by atoms with E-state index in [9.17, 15) is 23.4 Å². The number of carbonyl (C=O) groups is 1. The molecule has 1 amide bonds. The number of rotatable bonds is 12. The maximum absolute atomic E-state index is 13.7. The van der Waals surface area contributed by atoms with Crippen molar-refractivity contribution >= 4 is 33.4 Å². The van der Waals surface area contributed by atoms with E-state index in [0.717, 1.165) is 30.6 Å². The highest BCUT2D eigenvalue weighted by Gasteiger charge is 2.33. The summed E-state index contributed by atoms with van der Waals surface area (Å²) in [6, 6.07) is 19.6. The maximum Gasteiger partial charge on any atom is 0.252 e. The van der Waals surface area contributed by atoms with E-state index in [-0.39, 0.29) is 23.1 Å². The minimum absolute atomic E-state index is 0.000684. The molecule has 0 saturated heterocycles. The Morgan fingerprint density at radius 2 is 1.73 bits per heavy atom. The number of nitrogens with zero attached hydrogens (tertiary/aromatic N) is 1. The van der Waals surface area contributed by atoms with Crippen molar-refractivity contribution in [1.29, 1.82) is 0 Å². The SMILES string of the molecule is Cc1c(O)cccc1C(=O)NC(CSc1ccccc1)C(O)CN(CC1CCCC1)S(=O)(=O)c1ccc(N)cc1. The highest BCUT2D eigenvalue weighted by atomic mass is 32.2. The zero-order chi connectivity index (χ0) is 28.7. The quantitative estimate of drug-likeness (QED) is 0.183. The third kappa shape index (κ3) is 7.57. The molecule has 1 saturated carbocycles. The molecule has 2 unspecified atom stereocenters. The number of aromatic hydroxyl groups is 1. The van der Waals surface area contributed by atoms with Crippen molar-refractivity contribution in [2.24, 2.45) is 5.92 Å². The van der Waals surface area contributed by atoms with Gasteiger partial charge in [-0.05, 0) is 74.2 Å². The molecule has 0 aliphatic heterocycles. The molecule has 1 aliphatic carbocycles. The van der Waals surface area contributed by atoms with E-state index in [2.05, 4.69) is 5.32 Å². The minimum atomic E-state index is -3.93. The van der Waals surface area contributed by atoms with Crippen molar-refractivity contribution in [3.63, 3.8) is 0 Å². The number of nitrogens with one attached hydrogen (secondary N) is 1. The van der Waals surface area contributed by atoms with Gasteiger partial charge in [0.15, 0.2) is 0 Å². The summed E-state index contributed by atoms with van der Waals surface area (Å²) < 4.78 is 28.8.